The number of hydrogen-bond acceptors (Lipinski definition) is 5. The molecule has 0 saturated carbocycles. The van der Waals surface area contributed by atoms with Crippen molar-refractivity contribution in [2.45, 2.75) is 36.4 Å². The number of ether oxygens (including phenoxy) is 1. The van der Waals surface area contributed by atoms with Crippen molar-refractivity contribution >= 4 is 28.6 Å². The number of aromatic nitrogens is 2. The van der Waals surface area contributed by atoms with Gasteiger partial charge < -0.3 is 10.5 Å². The Kier molecular flexibility index (Phi) is 5.45. The normalized spacial score (nSPS) is 16.5. The summed E-state index contributed by atoms with van der Waals surface area (Å²) in [6.07, 6.45) is 2.01. The molecule has 1 amide bonds. The second-order valence-electron chi connectivity index (χ2n) is 6.82. The summed E-state index contributed by atoms with van der Waals surface area (Å²) in [5, 5.41) is 1.27. The van der Waals surface area contributed by atoms with Gasteiger partial charge in [0.25, 0.3) is 5.56 Å². The van der Waals surface area contributed by atoms with E-state index in [1.54, 1.807) is 22.8 Å². The van der Waals surface area contributed by atoms with Gasteiger partial charge in [0.15, 0.2) is 5.16 Å². The van der Waals surface area contributed by atoms with Gasteiger partial charge in [0.1, 0.15) is 0 Å². The third-order valence-electron chi connectivity index (χ3n) is 4.82. The summed E-state index contributed by atoms with van der Waals surface area (Å²) in [6, 6.07) is 14.6. The molecule has 28 heavy (non-hydrogen) atoms. The fourth-order valence-electron chi connectivity index (χ4n) is 3.37. The molecule has 144 valence electrons. The van der Waals surface area contributed by atoms with Gasteiger partial charge in [-0.2, -0.15) is 0 Å². The summed E-state index contributed by atoms with van der Waals surface area (Å²) < 4.78 is 7.46. The van der Waals surface area contributed by atoms with Gasteiger partial charge in [0, 0.05) is 17.9 Å². The summed E-state index contributed by atoms with van der Waals surface area (Å²) in [5.74, 6) is 0.128. The monoisotopic (exact) mass is 395 g/mol. The quantitative estimate of drug-likeness (QED) is 0.512. The van der Waals surface area contributed by atoms with Gasteiger partial charge in [0.2, 0.25) is 5.91 Å². The molecule has 1 aliphatic rings. The highest BCUT2D eigenvalue weighted by Crippen LogP contribution is 2.24. The SMILES string of the molecule is NC(=O)c1cccc(CSc2nc3ccccc3c(=O)n2C[C@H]2CCCO2)c1. The third-order valence-corrected chi connectivity index (χ3v) is 5.86. The molecule has 0 radical (unpaired) electrons. The average molecular weight is 395 g/mol. The Morgan fingerprint density at radius 2 is 2.11 bits per heavy atom. The van der Waals surface area contributed by atoms with E-state index in [-0.39, 0.29) is 11.7 Å². The number of nitrogens with two attached hydrogens (primary N) is 1. The maximum atomic E-state index is 13.1. The minimum absolute atomic E-state index is 0.0400. The molecule has 0 spiro atoms. The van der Waals surface area contributed by atoms with Crippen molar-refractivity contribution < 1.29 is 9.53 Å². The van der Waals surface area contributed by atoms with Crippen molar-refractivity contribution in [2.75, 3.05) is 6.61 Å². The number of rotatable bonds is 6. The van der Waals surface area contributed by atoms with Crippen LogP contribution in [0.15, 0.2) is 58.5 Å². The molecular formula is C21H21N3O3S. The van der Waals surface area contributed by atoms with E-state index in [2.05, 4.69) is 0 Å². The predicted octanol–water partition coefficient (Wildman–Crippen LogP) is 2.97. The molecule has 0 unspecified atom stereocenters. The van der Waals surface area contributed by atoms with Crippen molar-refractivity contribution in [3.8, 4) is 0 Å². The van der Waals surface area contributed by atoms with Gasteiger partial charge in [0.05, 0.1) is 23.6 Å². The maximum Gasteiger partial charge on any atom is 0.262 e. The van der Waals surface area contributed by atoms with Crippen LogP contribution in [-0.4, -0.2) is 28.2 Å². The number of carbonyl (C=O) groups excluding carboxylic acids is 1. The van der Waals surface area contributed by atoms with Crippen LogP contribution in [0.4, 0.5) is 0 Å². The highest BCUT2D eigenvalue weighted by atomic mass is 32.2. The zero-order valence-electron chi connectivity index (χ0n) is 15.3. The summed E-state index contributed by atoms with van der Waals surface area (Å²) in [5.41, 5.74) is 7.43. The molecule has 1 saturated heterocycles. The van der Waals surface area contributed by atoms with E-state index in [1.165, 1.54) is 11.8 Å². The lowest BCUT2D eigenvalue weighted by atomic mass is 10.1. The van der Waals surface area contributed by atoms with Gasteiger partial charge in [-0.05, 0) is 42.7 Å². The number of para-hydroxylation sites is 1. The summed E-state index contributed by atoms with van der Waals surface area (Å²) in [6.45, 7) is 1.24. The van der Waals surface area contributed by atoms with E-state index >= 15 is 0 Å². The zero-order valence-corrected chi connectivity index (χ0v) is 16.2. The Hall–Kier alpha value is -2.64. The van der Waals surface area contributed by atoms with Gasteiger partial charge in [-0.15, -0.1) is 0 Å². The fraction of sp³-hybridized carbons (Fsp3) is 0.286. The number of amides is 1. The van der Waals surface area contributed by atoms with E-state index in [4.69, 9.17) is 15.5 Å². The highest BCUT2D eigenvalue weighted by molar-refractivity contribution is 7.98. The summed E-state index contributed by atoms with van der Waals surface area (Å²) in [7, 11) is 0. The smallest absolute Gasteiger partial charge is 0.262 e. The summed E-state index contributed by atoms with van der Waals surface area (Å²) >= 11 is 1.48. The van der Waals surface area contributed by atoms with Crippen LogP contribution in [0, 0.1) is 0 Å². The topological polar surface area (TPSA) is 87.2 Å². The van der Waals surface area contributed by atoms with Crippen molar-refractivity contribution in [3.05, 3.63) is 70.0 Å². The van der Waals surface area contributed by atoms with Crippen LogP contribution >= 0.6 is 11.8 Å². The largest absolute Gasteiger partial charge is 0.376 e. The maximum absolute atomic E-state index is 13.1. The molecule has 2 heterocycles. The Morgan fingerprint density at radius 1 is 1.25 bits per heavy atom. The van der Waals surface area contributed by atoms with Crippen LogP contribution in [0.1, 0.15) is 28.8 Å². The van der Waals surface area contributed by atoms with Crippen LogP contribution in [0.5, 0.6) is 0 Å². The Balaban J connectivity index is 1.67. The number of thioether (sulfide) groups is 1. The number of benzene rings is 2. The lowest BCUT2D eigenvalue weighted by Gasteiger charge is -2.16. The molecule has 7 heteroatoms. The average Bonchev–Trinajstić information content (AvgIpc) is 3.22. The molecule has 1 atom stereocenters. The van der Waals surface area contributed by atoms with Crippen LogP contribution in [-0.2, 0) is 17.0 Å². The number of nitrogens with zero attached hydrogens (tertiary/aromatic N) is 2. The first-order valence-corrected chi connectivity index (χ1v) is 10.2. The minimum atomic E-state index is -0.453. The lowest BCUT2D eigenvalue weighted by Crippen LogP contribution is -2.28. The predicted molar refractivity (Wildman–Crippen MR) is 109 cm³/mol. The minimum Gasteiger partial charge on any atom is -0.376 e. The molecule has 1 fully saturated rings. The van der Waals surface area contributed by atoms with Crippen LogP contribution in [0.25, 0.3) is 10.9 Å². The van der Waals surface area contributed by atoms with Gasteiger partial charge in [-0.1, -0.05) is 36.0 Å². The molecule has 6 nitrogen and oxygen atoms in total. The standard InChI is InChI=1S/C21H21N3O3S/c22-19(25)15-6-3-5-14(11-15)13-28-21-23-18-9-2-1-8-17(18)20(26)24(21)12-16-7-4-10-27-16/h1-3,5-6,8-9,11,16H,4,7,10,12-13H2,(H2,22,25)/t16-/m1/s1. The molecule has 4 rings (SSSR count). The Morgan fingerprint density at radius 3 is 2.89 bits per heavy atom. The molecule has 0 bridgehead atoms. The van der Waals surface area contributed by atoms with Crippen LogP contribution in [0.3, 0.4) is 0 Å². The summed E-state index contributed by atoms with van der Waals surface area (Å²) in [4.78, 5) is 29.2. The molecule has 3 aromatic rings. The second kappa shape index (κ2) is 8.16. The van der Waals surface area contributed by atoms with Crippen molar-refractivity contribution in [3.63, 3.8) is 0 Å². The highest BCUT2D eigenvalue weighted by Gasteiger charge is 2.20. The van der Waals surface area contributed by atoms with E-state index in [0.29, 0.717) is 33.9 Å². The van der Waals surface area contributed by atoms with E-state index in [1.807, 2.05) is 30.3 Å². The second-order valence-corrected chi connectivity index (χ2v) is 7.76. The Bertz CT molecular complexity index is 1070. The number of carbonyl (C=O) groups is 1. The molecule has 2 N–H and O–H groups in total. The van der Waals surface area contributed by atoms with Gasteiger partial charge >= 0.3 is 0 Å². The lowest BCUT2D eigenvalue weighted by molar-refractivity contribution is 0.0937. The number of fused-ring (bicyclic) bond motifs is 1. The van der Waals surface area contributed by atoms with Crippen LogP contribution < -0.4 is 11.3 Å². The Labute approximate surface area is 166 Å². The third kappa shape index (κ3) is 3.95. The molecule has 1 aromatic heterocycles. The first-order valence-electron chi connectivity index (χ1n) is 9.24. The molecule has 1 aliphatic heterocycles. The first-order chi connectivity index (χ1) is 13.6. The van der Waals surface area contributed by atoms with E-state index < -0.39 is 5.91 Å². The van der Waals surface area contributed by atoms with Gasteiger partial charge in [-0.25, -0.2) is 4.98 Å². The number of primary amides is 1. The van der Waals surface area contributed by atoms with Crippen molar-refractivity contribution in [1.29, 1.82) is 0 Å². The van der Waals surface area contributed by atoms with Gasteiger partial charge in [-0.3, -0.25) is 14.2 Å². The van der Waals surface area contributed by atoms with Crippen molar-refractivity contribution in [2.24, 2.45) is 5.73 Å². The molecule has 2 aromatic carbocycles. The molecule has 0 aliphatic carbocycles. The van der Waals surface area contributed by atoms with Crippen molar-refractivity contribution in [1.82, 2.24) is 9.55 Å². The van der Waals surface area contributed by atoms with E-state index in [9.17, 15) is 9.59 Å². The molecular weight excluding hydrogens is 374 g/mol. The van der Waals surface area contributed by atoms with E-state index in [0.717, 1.165) is 25.0 Å². The number of hydrogen-bond donors (Lipinski definition) is 1. The zero-order chi connectivity index (χ0) is 19.5. The first kappa shape index (κ1) is 18.7. The van der Waals surface area contributed by atoms with Crippen LogP contribution in [0.2, 0.25) is 0 Å². The fourth-order valence-corrected chi connectivity index (χ4v) is 4.32.